The van der Waals surface area contributed by atoms with E-state index in [1.54, 1.807) is 11.3 Å². The lowest BCUT2D eigenvalue weighted by atomic mass is 9.96. The lowest BCUT2D eigenvalue weighted by Crippen LogP contribution is -2.32. The Hall–Kier alpha value is -1.24. The number of aromatic nitrogens is 2. The summed E-state index contributed by atoms with van der Waals surface area (Å²) in [5.74, 6) is 1.39. The van der Waals surface area contributed by atoms with Crippen molar-refractivity contribution in [1.29, 1.82) is 0 Å². The first-order valence-electron chi connectivity index (χ1n) is 7.55. The summed E-state index contributed by atoms with van der Waals surface area (Å²) in [6.07, 6.45) is 0. The van der Waals surface area contributed by atoms with Crippen molar-refractivity contribution in [2.24, 2.45) is 0 Å². The van der Waals surface area contributed by atoms with E-state index >= 15 is 0 Å². The van der Waals surface area contributed by atoms with Crippen LogP contribution in [0.3, 0.4) is 0 Å². The summed E-state index contributed by atoms with van der Waals surface area (Å²) in [5, 5.41) is 11.9. The molecule has 0 amide bonds. The summed E-state index contributed by atoms with van der Waals surface area (Å²) in [4.78, 5) is 6.73. The van der Waals surface area contributed by atoms with Crippen LogP contribution in [0.2, 0.25) is 0 Å². The smallest absolute Gasteiger partial charge is 0.243 e. The van der Waals surface area contributed by atoms with Crippen LogP contribution in [0.25, 0.3) is 0 Å². The van der Waals surface area contributed by atoms with Crippen LogP contribution in [-0.4, -0.2) is 35.7 Å². The topological polar surface area (TPSA) is 54.2 Å². The molecule has 122 valence electrons. The molecule has 6 heteroatoms. The Morgan fingerprint density at radius 2 is 2.09 bits per heavy atom. The highest BCUT2D eigenvalue weighted by Gasteiger charge is 2.24. The zero-order valence-corrected chi connectivity index (χ0v) is 15.1. The van der Waals surface area contributed by atoms with Gasteiger partial charge >= 0.3 is 0 Å². The molecule has 1 N–H and O–H groups in total. The van der Waals surface area contributed by atoms with Crippen LogP contribution < -0.4 is 5.32 Å². The molecule has 2 atom stereocenters. The molecule has 0 aliphatic carbocycles. The summed E-state index contributed by atoms with van der Waals surface area (Å²) < 4.78 is 5.40. The van der Waals surface area contributed by atoms with Crippen molar-refractivity contribution >= 4 is 11.3 Å². The molecule has 2 aromatic heterocycles. The Labute approximate surface area is 136 Å². The molecule has 0 radical (unpaired) electrons. The van der Waals surface area contributed by atoms with E-state index in [0.29, 0.717) is 11.9 Å². The molecule has 0 spiro atoms. The monoisotopic (exact) mass is 322 g/mol. The maximum absolute atomic E-state index is 5.40. The SMILES string of the molecule is CC(NCC(c1ccsc1)N(C)C)c1nc(C(C)(C)C)no1. The number of nitrogens with one attached hydrogen (secondary N) is 1. The van der Waals surface area contributed by atoms with E-state index in [4.69, 9.17) is 4.52 Å². The van der Waals surface area contributed by atoms with Crippen LogP contribution >= 0.6 is 11.3 Å². The highest BCUT2D eigenvalue weighted by Crippen LogP contribution is 2.23. The first kappa shape index (κ1) is 17.1. The fourth-order valence-corrected chi connectivity index (χ4v) is 2.86. The Morgan fingerprint density at radius 1 is 1.36 bits per heavy atom. The highest BCUT2D eigenvalue weighted by atomic mass is 32.1. The maximum Gasteiger partial charge on any atom is 0.243 e. The summed E-state index contributed by atoms with van der Waals surface area (Å²) in [6, 6.07) is 2.54. The van der Waals surface area contributed by atoms with Gasteiger partial charge in [-0.15, -0.1) is 0 Å². The van der Waals surface area contributed by atoms with Gasteiger partial charge < -0.3 is 14.7 Å². The molecule has 22 heavy (non-hydrogen) atoms. The maximum atomic E-state index is 5.40. The average Bonchev–Trinajstić information content (AvgIpc) is 3.09. The normalized spacial score (nSPS) is 15.2. The zero-order valence-electron chi connectivity index (χ0n) is 14.3. The lowest BCUT2D eigenvalue weighted by Gasteiger charge is -2.25. The quantitative estimate of drug-likeness (QED) is 0.883. The predicted molar refractivity (Wildman–Crippen MR) is 90.2 cm³/mol. The molecule has 0 saturated carbocycles. The van der Waals surface area contributed by atoms with Crippen molar-refractivity contribution in [3.8, 4) is 0 Å². The third kappa shape index (κ3) is 4.15. The minimum Gasteiger partial charge on any atom is -0.338 e. The van der Waals surface area contributed by atoms with Gasteiger partial charge in [-0.1, -0.05) is 25.9 Å². The molecule has 2 rings (SSSR count). The molecular formula is C16H26N4OS. The minimum atomic E-state index is -0.0929. The molecule has 5 nitrogen and oxygen atoms in total. The first-order chi connectivity index (χ1) is 10.3. The third-order valence-electron chi connectivity index (χ3n) is 3.65. The standard InChI is InChI=1S/C16H26N4OS/c1-11(14-18-15(19-21-14)16(2,3)4)17-9-13(20(5)6)12-7-8-22-10-12/h7-8,10-11,13,17H,9H2,1-6H3. The van der Waals surface area contributed by atoms with E-state index in [0.717, 1.165) is 12.4 Å². The molecule has 2 unspecified atom stereocenters. The van der Waals surface area contributed by atoms with Crippen LogP contribution in [0.15, 0.2) is 21.3 Å². The Kier molecular flexibility index (Phi) is 5.36. The van der Waals surface area contributed by atoms with Gasteiger partial charge in [0.05, 0.1) is 6.04 Å². The summed E-state index contributed by atoms with van der Waals surface area (Å²) in [7, 11) is 4.19. The predicted octanol–water partition coefficient (Wildman–Crippen LogP) is 3.38. The van der Waals surface area contributed by atoms with Crippen molar-refractivity contribution in [2.45, 2.75) is 45.2 Å². The van der Waals surface area contributed by atoms with E-state index in [1.165, 1.54) is 5.56 Å². The van der Waals surface area contributed by atoms with Crippen molar-refractivity contribution in [1.82, 2.24) is 20.4 Å². The van der Waals surface area contributed by atoms with Gasteiger partial charge in [0.2, 0.25) is 5.89 Å². The van der Waals surface area contributed by atoms with Crippen LogP contribution in [-0.2, 0) is 5.41 Å². The lowest BCUT2D eigenvalue weighted by molar-refractivity contribution is 0.268. The first-order valence-corrected chi connectivity index (χ1v) is 8.49. The van der Waals surface area contributed by atoms with Gasteiger partial charge in [0, 0.05) is 18.0 Å². The van der Waals surface area contributed by atoms with Gasteiger partial charge in [-0.05, 0) is 43.4 Å². The zero-order chi connectivity index (χ0) is 16.3. The fraction of sp³-hybridized carbons (Fsp3) is 0.625. The van der Waals surface area contributed by atoms with Gasteiger partial charge in [0.1, 0.15) is 0 Å². The minimum absolute atomic E-state index is 0.0321. The second-order valence-corrected chi connectivity index (χ2v) is 7.65. The van der Waals surface area contributed by atoms with Crippen molar-refractivity contribution in [3.05, 3.63) is 34.1 Å². The summed E-state index contributed by atoms with van der Waals surface area (Å²) in [5.41, 5.74) is 1.24. The number of thiophene rings is 1. The van der Waals surface area contributed by atoms with Gasteiger partial charge in [0.15, 0.2) is 5.82 Å². The average molecular weight is 322 g/mol. The fourth-order valence-electron chi connectivity index (χ4n) is 2.15. The van der Waals surface area contributed by atoms with Gasteiger partial charge in [-0.25, -0.2) is 0 Å². The van der Waals surface area contributed by atoms with Gasteiger partial charge in [-0.3, -0.25) is 0 Å². The van der Waals surface area contributed by atoms with E-state index in [2.05, 4.69) is 79.0 Å². The molecule has 0 fully saturated rings. The van der Waals surface area contributed by atoms with Crippen molar-refractivity contribution in [3.63, 3.8) is 0 Å². The van der Waals surface area contributed by atoms with Crippen LogP contribution in [0.1, 0.15) is 57.1 Å². The van der Waals surface area contributed by atoms with Crippen molar-refractivity contribution < 1.29 is 4.52 Å². The van der Waals surface area contributed by atoms with Crippen LogP contribution in [0.4, 0.5) is 0 Å². The Morgan fingerprint density at radius 3 is 2.59 bits per heavy atom. The third-order valence-corrected chi connectivity index (χ3v) is 4.35. The van der Waals surface area contributed by atoms with E-state index in [9.17, 15) is 0 Å². The van der Waals surface area contributed by atoms with E-state index in [1.807, 2.05) is 0 Å². The number of hydrogen-bond donors (Lipinski definition) is 1. The van der Waals surface area contributed by atoms with Crippen LogP contribution in [0.5, 0.6) is 0 Å². The molecule has 0 aromatic carbocycles. The number of nitrogens with zero attached hydrogens (tertiary/aromatic N) is 3. The summed E-state index contributed by atoms with van der Waals surface area (Å²) >= 11 is 1.73. The van der Waals surface area contributed by atoms with Gasteiger partial charge in [0.25, 0.3) is 0 Å². The number of hydrogen-bond acceptors (Lipinski definition) is 6. The second-order valence-electron chi connectivity index (χ2n) is 6.87. The molecule has 2 aromatic rings. The largest absolute Gasteiger partial charge is 0.338 e. The Balaban J connectivity index is 1.99. The van der Waals surface area contributed by atoms with Gasteiger partial charge in [-0.2, -0.15) is 16.3 Å². The second kappa shape index (κ2) is 6.89. The highest BCUT2D eigenvalue weighted by molar-refractivity contribution is 7.07. The molecule has 0 saturated heterocycles. The molecule has 0 aliphatic rings. The van der Waals surface area contributed by atoms with Crippen molar-refractivity contribution in [2.75, 3.05) is 20.6 Å². The molecular weight excluding hydrogens is 296 g/mol. The van der Waals surface area contributed by atoms with E-state index in [-0.39, 0.29) is 11.5 Å². The molecule has 2 heterocycles. The molecule has 0 aliphatic heterocycles. The Bertz CT molecular complexity index is 571. The number of likely N-dealkylation sites (N-methyl/N-ethyl adjacent to an activating group) is 1. The number of rotatable bonds is 6. The molecule has 0 bridgehead atoms. The van der Waals surface area contributed by atoms with Crippen LogP contribution in [0, 0.1) is 0 Å². The van der Waals surface area contributed by atoms with E-state index < -0.39 is 0 Å². The summed E-state index contributed by atoms with van der Waals surface area (Å²) in [6.45, 7) is 9.13.